The Hall–Kier alpha value is -0.830. The van der Waals surface area contributed by atoms with Crippen LogP contribution in [0.15, 0.2) is 6.07 Å². The van der Waals surface area contributed by atoms with Crippen molar-refractivity contribution in [3.05, 3.63) is 17.5 Å². The van der Waals surface area contributed by atoms with Crippen molar-refractivity contribution in [1.29, 1.82) is 0 Å². The topological polar surface area (TPSA) is 29.9 Å². The maximum Gasteiger partial charge on any atom is 0.0597 e. The molecule has 2 atom stereocenters. The van der Waals surface area contributed by atoms with Crippen LogP contribution in [0.25, 0.3) is 0 Å². The predicted molar refractivity (Wildman–Crippen MR) is 68.5 cm³/mol. The van der Waals surface area contributed by atoms with Gasteiger partial charge in [0, 0.05) is 6.54 Å². The third kappa shape index (κ3) is 2.85. The van der Waals surface area contributed by atoms with Crippen molar-refractivity contribution < 1.29 is 0 Å². The Kier molecular flexibility index (Phi) is 5.00. The van der Waals surface area contributed by atoms with Crippen LogP contribution in [0.3, 0.4) is 0 Å². The van der Waals surface area contributed by atoms with E-state index in [4.69, 9.17) is 0 Å². The Morgan fingerprint density at radius 3 is 2.56 bits per heavy atom. The summed E-state index contributed by atoms with van der Waals surface area (Å²) in [5.74, 6) is 0.640. The second-order valence-corrected chi connectivity index (χ2v) is 4.45. The van der Waals surface area contributed by atoms with Crippen LogP contribution in [0.1, 0.15) is 51.5 Å². The highest BCUT2D eigenvalue weighted by Gasteiger charge is 2.20. The monoisotopic (exact) mass is 223 g/mol. The van der Waals surface area contributed by atoms with E-state index in [-0.39, 0.29) is 0 Å². The number of nitrogens with one attached hydrogen (secondary N) is 1. The lowest BCUT2D eigenvalue weighted by Gasteiger charge is -2.24. The van der Waals surface area contributed by atoms with Crippen molar-refractivity contribution in [1.82, 2.24) is 15.1 Å². The molecule has 0 spiro atoms. The van der Waals surface area contributed by atoms with Gasteiger partial charge in [-0.2, -0.15) is 5.10 Å². The summed E-state index contributed by atoms with van der Waals surface area (Å²) < 4.78 is 2.12. The molecule has 0 bridgehead atoms. The second kappa shape index (κ2) is 6.04. The highest BCUT2D eigenvalue weighted by atomic mass is 15.3. The fourth-order valence-electron chi connectivity index (χ4n) is 2.12. The van der Waals surface area contributed by atoms with Gasteiger partial charge in [0.05, 0.1) is 17.4 Å². The Bertz CT molecular complexity index is 317. The van der Waals surface area contributed by atoms with Gasteiger partial charge in [0.2, 0.25) is 0 Å². The Balaban J connectivity index is 2.99. The van der Waals surface area contributed by atoms with E-state index >= 15 is 0 Å². The molecule has 2 unspecified atom stereocenters. The minimum Gasteiger partial charge on any atom is -0.309 e. The van der Waals surface area contributed by atoms with Crippen LogP contribution in [0.4, 0.5) is 0 Å². The molecule has 0 radical (unpaired) electrons. The standard InChI is InChI=1S/C13H25N3/c1-6-10(4)13(14-7-2)12-9-11(5)15-16(12)8-3/h9-10,13-14H,6-8H2,1-5H3. The van der Waals surface area contributed by atoms with Crippen molar-refractivity contribution in [2.45, 2.75) is 53.6 Å². The van der Waals surface area contributed by atoms with E-state index in [0.717, 1.165) is 18.8 Å². The molecule has 1 rings (SSSR count). The van der Waals surface area contributed by atoms with Crippen LogP contribution >= 0.6 is 0 Å². The van der Waals surface area contributed by atoms with E-state index < -0.39 is 0 Å². The summed E-state index contributed by atoms with van der Waals surface area (Å²) in [4.78, 5) is 0. The van der Waals surface area contributed by atoms with Crippen LogP contribution in [0.2, 0.25) is 0 Å². The largest absolute Gasteiger partial charge is 0.309 e. The number of aromatic nitrogens is 2. The molecule has 0 saturated heterocycles. The summed E-state index contributed by atoms with van der Waals surface area (Å²) in [6, 6.07) is 2.64. The van der Waals surface area contributed by atoms with Gasteiger partial charge in [0.15, 0.2) is 0 Å². The third-order valence-electron chi connectivity index (χ3n) is 3.19. The molecule has 1 heterocycles. The molecule has 0 fully saturated rings. The lowest BCUT2D eigenvalue weighted by Crippen LogP contribution is -2.28. The SMILES string of the molecule is CCNC(c1cc(C)nn1CC)C(C)CC. The first-order chi connectivity index (χ1) is 7.63. The summed E-state index contributed by atoms with van der Waals surface area (Å²) in [6.45, 7) is 12.9. The molecular formula is C13H25N3. The molecule has 0 amide bonds. The van der Waals surface area contributed by atoms with Crippen LogP contribution in [-0.2, 0) is 6.54 Å². The molecule has 0 aromatic carbocycles. The molecule has 1 aromatic rings. The smallest absolute Gasteiger partial charge is 0.0597 e. The molecule has 92 valence electrons. The first-order valence-electron chi connectivity index (χ1n) is 6.41. The van der Waals surface area contributed by atoms with Gasteiger partial charge < -0.3 is 5.32 Å². The molecule has 0 saturated carbocycles. The summed E-state index contributed by atoms with van der Waals surface area (Å²) in [5, 5.41) is 8.10. The Morgan fingerprint density at radius 1 is 1.38 bits per heavy atom. The fourth-order valence-corrected chi connectivity index (χ4v) is 2.12. The number of hydrogen-bond acceptors (Lipinski definition) is 2. The Labute approximate surface area is 99.2 Å². The zero-order valence-electron chi connectivity index (χ0n) is 11.2. The maximum atomic E-state index is 4.53. The molecule has 3 heteroatoms. The quantitative estimate of drug-likeness (QED) is 0.803. The zero-order valence-corrected chi connectivity index (χ0v) is 11.2. The number of rotatable bonds is 6. The molecule has 1 N–H and O–H groups in total. The second-order valence-electron chi connectivity index (χ2n) is 4.45. The first-order valence-corrected chi connectivity index (χ1v) is 6.41. The van der Waals surface area contributed by atoms with E-state index in [9.17, 15) is 0 Å². The van der Waals surface area contributed by atoms with E-state index in [1.165, 1.54) is 12.1 Å². The van der Waals surface area contributed by atoms with Crippen molar-refractivity contribution >= 4 is 0 Å². The average Bonchev–Trinajstić information content (AvgIpc) is 2.66. The normalized spacial score (nSPS) is 15.1. The molecule has 16 heavy (non-hydrogen) atoms. The van der Waals surface area contributed by atoms with Gasteiger partial charge in [-0.05, 0) is 32.4 Å². The van der Waals surface area contributed by atoms with Crippen LogP contribution < -0.4 is 5.32 Å². The lowest BCUT2D eigenvalue weighted by atomic mass is 9.96. The van der Waals surface area contributed by atoms with Gasteiger partial charge in [-0.25, -0.2) is 0 Å². The van der Waals surface area contributed by atoms with Gasteiger partial charge in [0.25, 0.3) is 0 Å². The van der Waals surface area contributed by atoms with Gasteiger partial charge >= 0.3 is 0 Å². The number of aryl methyl sites for hydroxylation is 2. The molecule has 3 nitrogen and oxygen atoms in total. The molecule has 0 aliphatic carbocycles. The van der Waals surface area contributed by atoms with E-state index in [1.807, 2.05) is 0 Å². The maximum absolute atomic E-state index is 4.53. The minimum absolute atomic E-state index is 0.427. The average molecular weight is 223 g/mol. The van der Waals surface area contributed by atoms with E-state index in [0.29, 0.717) is 12.0 Å². The first kappa shape index (κ1) is 13.2. The van der Waals surface area contributed by atoms with E-state index in [2.05, 4.69) is 55.8 Å². The van der Waals surface area contributed by atoms with E-state index in [1.54, 1.807) is 0 Å². The number of hydrogen-bond donors (Lipinski definition) is 1. The molecule has 0 aliphatic heterocycles. The molecule has 0 aliphatic rings. The molecule has 1 aromatic heterocycles. The van der Waals surface area contributed by atoms with Crippen LogP contribution in [0.5, 0.6) is 0 Å². The van der Waals surface area contributed by atoms with Crippen molar-refractivity contribution in [2.24, 2.45) is 5.92 Å². The molecular weight excluding hydrogens is 198 g/mol. The minimum atomic E-state index is 0.427. The fraction of sp³-hybridized carbons (Fsp3) is 0.769. The summed E-state index contributed by atoms with van der Waals surface area (Å²) >= 11 is 0. The zero-order chi connectivity index (χ0) is 12.1. The van der Waals surface area contributed by atoms with Crippen LogP contribution in [0, 0.1) is 12.8 Å². The summed E-state index contributed by atoms with van der Waals surface area (Å²) in [5.41, 5.74) is 2.44. The van der Waals surface area contributed by atoms with Crippen molar-refractivity contribution in [2.75, 3.05) is 6.54 Å². The van der Waals surface area contributed by atoms with Crippen molar-refractivity contribution in [3.63, 3.8) is 0 Å². The highest BCUT2D eigenvalue weighted by Crippen LogP contribution is 2.24. The van der Waals surface area contributed by atoms with Crippen LogP contribution in [-0.4, -0.2) is 16.3 Å². The van der Waals surface area contributed by atoms with Gasteiger partial charge in [0.1, 0.15) is 0 Å². The highest BCUT2D eigenvalue weighted by molar-refractivity contribution is 5.14. The Morgan fingerprint density at radius 2 is 2.06 bits per heavy atom. The summed E-state index contributed by atoms with van der Waals surface area (Å²) in [6.07, 6.45) is 1.19. The van der Waals surface area contributed by atoms with Gasteiger partial charge in [-0.3, -0.25) is 4.68 Å². The summed E-state index contributed by atoms with van der Waals surface area (Å²) in [7, 11) is 0. The van der Waals surface area contributed by atoms with Gasteiger partial charge in [-0.1, -0.05) is 27.2 Å². The van der Waals surface area contributed by atoms with Gasteiger partial charge in [-0.15, -0.1) is 0 Å². The lowest BCUT2D eigenvalue weighted by molar-refractivity contribution is 0.360. The number of nitrogens with zero attached hydrogens (tertiary/aromatic N) is 2. The van der Waals surface area contributed by atoms with Crippen molar-refractivity contribution in [3.8, 4) is 0 Å². The predicted octanol–water partition coefficient (Wildman–Crippen LogP) is 2.91. The third-order valence-corrected chi connectivity index (χ3v) is 3.19.